The summed E-state index contributed by atoms with van der Waals surface area (Å²) >= 11 is 0. The molecule has 2 aliphatic carbocycles. The van der Waals surface area contributed by atoms with Crippen LogP contribution in [0.5, 0.6) is 0 Å². The second kappa shape index (κ2) is 3.40. The van der Waals surface area contributed by atoms with Gasteiger partial charge in [-0.1, -0.05) is 39.5 Å². The van der Waals surface area contributed by atoms with Crippen molar-refractivity contribution in [3.8, 4) is 0 Å². The highest BCUT2D eigenvalue weighted by atomic mass is 14.4. The first kappa shape index (κ1) is 8.59. The zero-order valence-corrected chi connectivity index (χ0v) is 8.55. The van der Waals surface area contributed by atoms with Crippen LogP contribution in [0, 0.1) is 23.7 Å². The molecule has 0 saturated heterocycles. The molecule has 0 aromatic heterocycles. The highest BCUT2D eigenvalue weighted by molar-refractivity contribution is 4.86. The number of fused-ring (bicyclic) bond motifs is 1. The smallest absolute Gasteiger partial charge is 0.0358 e. The summed E-state index contributed by atoms with van der Waals surface area (Å²) in [7, 11) is 0. The molecule has 0 bridgehead atoms. The van der Waals surface area contributed by atoms with Crippen LogP contribution in [0.2, 0.25) is 0 Å². The Morgan fingerprint density at radius 3 is 1.50 bits per heavy atom. The number of hydrogen-bond acceptors (Lipinski definition) is 0. The van der Waals surface area contributed by atoms with Crippen molar-refractivity contribution in [3.63, 3.8) is 0 Å². The molecule has 2 fully saturated rings. The second-order valence-electron chi connectivity index (χ2n) is 5.14. The van der Waals surface area contributed by atoms with Crippen LogP contribution in [0.15, 0.2) is 0 Å². The van der Waals surface area contributed by atoms with Gasteiger partial charge in [-0.25, -0.2) is 0 Å². The first-order chi connectivity index (χ1) is 5.79. The van der Waals surface area contributed by atoms with Crippen LogP contribution in [-0.4, -0.2) is 0 Å². The molecule has 12 heavy (non-hydrogen) atoms. The molecule has 2 aliphatic rings. The predicted molar refractivity (Wildman–Crippen MR) is 53.0 cm³/mol. The Balaban J connectivity index is 2.05. The lowest BCUT2D eigenvalue weighted by Gasteiger charge is -2.43. The summed E-state index contributed by atoms with van der Waals surface area (Å²) in [5, 5.41) is 0. The summed E-state index contributed by atoms with van der Waals surface area (Å²) in [6, 6.07) is 0. The third kappa shape index (κ3) is 1.41. The lowest BCUT2D eigenvalue weighted by atomic mass is 9.62. The van der Waals surface area contributed by atoms with Gasteiger partial charge >= 0.3 is 0 Å². The Bertz CT molecular complexity index is 132. The van der Waals surface area contributed by atoms with Gasteiger partial charge in [0.15, 0.2) is 0 Å². The SMILES string of the molecule is C[C@@H]1CCC[C@H]2[C@H]1CCC[C@@H]2C. The van der Waals surface area contributed by atoms with Gasteiger partial charge in [-0.15, -0.1) is 0 Å². The van der Waals surface area contributed by atoms with Crippen LogP contribution in [-0.2, 0) is 0 Å². The maximum absolute atomic E-state index is 2.48. The highest BCUT2D eigenvalue weighted by Crippen LogP contribution is 2.46. The van der Waals surface area contributed by atoms with E-state index >= 15 is 0 Å². The summed E-state index contributed by atoms with van der Waals surface area (Å²) in [5.74, 6) is 4.27. The molecule has 0 aromatic rings. The molecule has 0 amide bonds. The molecule has 4 atom stereocenters. The first-order valence-corrected chi connectivity index (χ1v) is 5.79. The van der Waals surface area contributed by atoms with Gasteiger partial charge in [-0.2, -0.15) is 0 Å². The minimum absolute atomic E-state index is 1.03. The average molecular weight is 166 g/mol. The normalized spacial score (nSPS) is 48.5. The fraction of sp³-hybridized carbons (Fsp3) is 1.00. The van der Waals surface area contributed by atoms with Crippen LogP contribution in [0.3, 0.4) is 0 Å². The third-order valence-corrected chi connectivity index (χ3v) is 4.41. The van der Waals surface area contributed by atoms with E-state index in [9.17, 15) is 0 Å². The molecule has 0 heterocycles. The average Bonchev–Trinajstić information content (AvgIpc) is 2.07. The summed E-state index contributed by atoms with van der Waals surface area (Å²) in [5.41, 5.74) is 0. The maximum atomic E-state index is 2.48. The van der Waals surface area contributed by atoms with Crippen molar-refractivity contribution in [3.05, 3.63) is 0 Å². The van der Waals surface area contributed by atoms with E-state index in [1.54, 1.807) is 0 Å². The minimum Gasteiger partial charge on any atom is -0.0622 e. The fourth-order valence-corrected chi connectivity index (χ4v) is 3.62. The third-order valence-electron chi connectivity index (χ3n) is 4.41. The van der Waals surface area contributed by atoms with Crippen LogP contribution >= 0.6 is 0 Å². The molecule has 0 aliphatic heterocycles. The van der Waals surface area contributed by atoms with Crippen molar-refractivity contribution in [2.24, 2.45) is 23.7 Å². The lowest BCUT2D eigenvalue weighted by molar-refractivity contribution is 0.0702. The molecule has 0 unspecified atom stereocenters. The van der Waals surface area contributed by atoms with Gasteiger partial charge < -0.3 is 0 Å². The van der Waals surface area contributed by atoms with Crippen molar-refractivity contribution in [1.82, 2.24) is 0 Å². The maximum Gasteiger partial charge on any atom is -0.0358 e. The van der Waals surface area contributed by atoms with Crippen molar-refractivity contribution in [2.75, 3.05) is 0 Å². The quantitative estimate of drug-likeness (QED) is 0.512. The van der Waals surface area contributed by atoms with Crippen molar-refractivity contribution >= 4 is 0 Å². The predicted octanol–water partition coefficient (Wildman–Crippen LogP) is 3.86. The highest BCUT2D eigenvalue weighted by Gasteiger charge is 2.35. The fourth-order valence-electron chi connectivity index (χ4n) is 3.62. The number of rotatable bonds is 0. The molecular weight excluding hydrogens is 144 g/mol. The summed E-state index contributed by atoms with van der Waals surface area (Å²) in [6.07, 6.45) is 9.10. The van der Waals surface area contributed by atoms with Gasteiger partial charge in [0.1, 0.15) is 0 Å². The standard InChI is InChI=1S/C12H22/c1-9-5-3-8-12-10(2)6-4-7-11(9)12/h9-12H,3-8H2,1-2H3/t9-,10+,11+,12-. The largest absolute Gasteiger partial charge is 0.0622 e. The molecular formula is C12H22. The lowest BCUT2D eigenvalue weighted by Crippen LogP contribution is -2.34. The van der Waals surface area contributed by atoms with E-state index in [0.29, 0.717) is 0 Å². The number of hydrogen-bond donors (Lipinski definition) is 0. The Hall–Kier alpha value is 0. The van der Waals surface area contributed by atoms with Crippen LogP contribution in [0.25, 0.3) is 0 Å². The van der Waals surface area contributed by atoms with E-state index in [4.69, 9.17) is 0 Å². The van der Waals surface area contributed by atoms with Gasteiger partial charge in [-0.3, -0.25) is 0 Å². The van der Waals surface area contributed by atoms with E-state index in [1.165, 1.54) is 38.5 Å². The molecule has 0 aromatic carbocycles. The zero-order chi connectivity index (χ0) is 8.55. The van der Waals surface area contributed by atoms with Gasteiger partial charge in [0, 0.05) is 0 Å². The summed E-state index contributed by atoms with van der Waals surface area (Å²) in [4.78, 5) is 0. The summed E-state index contributed by atoms with van der Waals surface area (Å²) < 4.78 is 0. The molecule has 0 N–H and O–H groups in total. The van der Waals surface area contributed by atoms with Crippen LogP contribution < -0.4 is 0 Å². The van der Waals surface area contributed by atoms with Crippen LogP contribution in [0.1, 0.15) is 52.4 Å². The zero-order valence-electron chi connectivity index (χ0n) is 8.55. The monoisotopic (exact) mass is 166 g/mol. The van der Waals surface area contributed by atoms with E-state index in [1.807, 2.05) is 0 Å². The molecule has 2 rings (SSSR count). The van der Waals surface area contributed by atoms with Crippen molar-refractivity contribution in [2.45, 2.75) is 52.4 Å². The Morgan fingerprint density at radius 2 is 1.08 bits per heavy atom. The van der Waals surface area contributed by atoms with Gasteiger partial charge in [0.2, 0.25) is 0 Å². The van der Waals surface area contributed by atoms with Gasteiger partial charge in [0.25, 0.3) is 0 Å². The topological polar surface area (TPSA) is 0 Å². The van der Waals surface area contributed by atoms with Gasteiger partial charge in [-0.05, 0) is 36.5 Å². The Kier molecular flexibility index (Phi) is 2.43. The van der Waals surface area contributed by atoms with Crippen molar-refractivity contribution in [1.29, 1.82) is 0 Å². The molecule has 0 spiro atoms. The molecule has 2 saturated carbocycles. The minimum atomic E-state index is 1.03. The molecule has 70 valence electrons. The molecule has 0 heteroatoms. The van der Waals surface area contributed by atoms with E-state index in [-0.39, 0.29) is 0 Å². The molecule has 0 nitrogen and oxygen atoms in total. The van der Waals surface area contributed by atoms with Crippen molar-refractivity contribution < 1.29 is 0 Å². The second-order valence-corrected chi connectivity index (χ2v) is 5.14. The van der Waals surface area contributed by atoms with E-state index < -0.39 is 0 Å². The van der Waals surface area contributed by atoms with Gasteiger partial charge in [0.05, 0.1) is 0 Å². The Labute approximate surface area is 76.7 Å². The Morgan fingerprint density at radius 1 is 0.667 bits per heavy atom. The van der Waals surface area contributed by atoms with E-state index in [2.05, 4.69) is 13.8 Å². The van der Waals surface area contributed by atoms with Crippen LogP contribution in [0.4, 0.5) is 0 Å². The molecule has 0 radical (unpaired) electrons. The summed E-state index contributed by atoms with van der Waals surface area (Å²) in [6.45, 7) is 4.96. The van der Waals surface area contributed by atoms with E-state index in [0.717, 1.165) is 23.7 Å². The first-order valence-electron chi connectivity index (χ1n) is 5.79.